The Morgan fingerprint density at radius 2 is 2.12 bits per heavy atom. The second-order valence-corrected chi connectivity index (χ2v) is 10.2. The van der Waals surface area contributed by atoms with Gasteiger partial charge in [0.05, 0.1) is 29.5 Å². The normalized spacial score (nSPS) is 22.3. The average molecular weight is 438 g/mol. The molecule has 172 valence electrons. The lowest BCUT2D eigenvalue weighted by atomic mass is 9.87. The number of urea groups is 1. The van der Waals surface area contributed by atoms with Crippen LogP contribution < -0.4 is 10.2 Å². The van der Waals surface area contributed by atoms with Crippen LogP contribution in [-0.4, -0.2) is 53.7 Å². The predicted molar refractivity (Wildman–Crippen MR) is 125 cm³/mol. The summed E-state index contributed by atoms with van der Waals surface area (Å²) < 4.78 is 6.10. The Balaban J connectivity index is 1.69. The minimum atomic E-state index is -0.291. The third-order valence-corrected chi connectivity index (χ3v) is 6.86. The molecule has 2 aliphatic heterocycles. The number of carbonyl (C=O) groups excluding carboxylic acids is 1. The van der Waals surface area contributed by atoms with Crippen molar-refractivity contribution >= 4 is 11.8 Å². The van der Waals surface area contributed by atoms with Crippen molar-refractivity contribution in [2.75, 3.05) is 31.1 Å². The van der Waals surface area contributed by atoms with Gasteiger partial charge in [-0.3, -0.25) is 0 Å². The number of nitrogens with zero attached hydrogens (tertiary/aromatic N) is 4. The van der Waals surface area contributed by atoms with E-state index in [1.807, 2.05) is 4.90 Å². The van der Waals surface area contributed by atoms with Crippen molar-refractivity contribution in [1.82, 2.24) is 15.2 Å². The Morgan fingerprint density at radius 3 is 2.75 bits per heavy atom. The molecule has 1 atom stereocenters. The van der Waals surface area contributed by atoms with Crippen LogP contribution >= 0.6 is 0 Å². The first-order chi connectivity index (χ1) is 15.3. The first-order valence-corrected chi connectivity index (χ1v) is 11.8. The summed E-state index contributed by atoms with van der Waals surface area (Å²) in [5, 5.41) is 13.1. The van der Waals surface area contributed by atoms with Crippen molar-refractivity contribution in [2.45, 2.75) is 71.1 Å². The van der Waals surface area contributed by atoms with Crippen molar-refractivity contribution in [3.05, 3.63) is 35.0 Å². The Labute approximate surface area is 191 Å². The zero-order chi connectivity index (χ0) is 23.0. The van der Waals surface area contributed by atoms with Gasteiger partial charge in [0, 0.05) is 44.1 Å². The second-order valence-electron chi connectivity index (χ2n) is 10.2. The first kappa shape index (κ1) is 22.6. The molecule has 1 saturated heterocycles. The lowest BCUT2D eigenvalue weighted by molar-refractivity contribution is -0.0407. The van der Waals surface area contributed by atoms with Gasteiger partial charge in [-0.25, -0.2) is 9.78 Å². The topological polar surface area (TPSA) is 81.5 Å². The van der Waals surface area contributed by atoms with Crippen LogP contribution in [0.2, 0.25) is 0 Å². The van der Waals surface area contributed by atoms with Gasteiger partial charge < -0.3 is 19.9 Å². The molecule has 0 bridgehead atoms. The second kappa shape index (κ2) is 8.74. The number of amides is 2. The highest BCUT2D eigenvalue weighted by Gasteiger charge is 2.39. The zero-order valence-corrected chi connectivity index (χ0v) is 19.8. The number of ether oxygens (including phenoxy) is 1. The smallest absolute Gasteiger partial charge is 0.318 e. The Kier molecular flexibility index (Phi) is 6.17. The summed E-state index contributed by atoms with van der Waals surface area (Å²) >= 11 is 0. The summed E-state index contributed by atoms with van der Waals surface area (Å²) in [6.07, 6.45) is 4.72. The quantitative estimate of drug-likeness (QED) is 0.710. The van der Waals surface area contributed by atoms with Gasteiger partial charge in [0.1, 0.15) is 11.9 Å². The minimum absolute atomic E-state index is 0.0436. The molecule has 1 saturated carbocycles. The summed E-state index contributed by atoms with van der Waals surface area (Å²) in [5.41, 5.74) is 3.77. The summed E-state index contributed by atoms with van der Waals surface area (Å²) in [4.78, 5) is 22.0. The molecule has 7 heteroatoms. The maximum Gasteiger partial charge on any atom is 0.318 e. The van der Waals surface area contributed by atoms with Crippen molar-refractivity contribution in [2.24, 2.45) is 5.92 Å². The summed E-state index contributed by atoms with van der Waals surface area (Å²) in [5.74, 6) is 1.56. The van der Waals surface area contributed by atoms with Crippen LogP contribution in [0.3, 0.4) is 0 Å². The summed E-state index contributed by atoms with van der Waals surface area (Å²) in [6.45, 7) is 15.1. The van der Waals surface area contributed by atoms with Crippen LogP contribution in [0.5, 0.6) is 0 Å². The molecule has 1 N–H and O–H groups in total. The van der Waals surface area contributed by atoms with Gasteiger partial charge in [0.15, 0.2) is 0 Å². The molecule has 3 heterocycles. The van der Waals surface area contributed by atoms with E-state index in [9.17, 15) is 10.1 Å². The minimum Gasteiger partial charge on any atom is -0.370 e. The van der Waals surface area contributed by atoms with Gasteiger partial charge >= 0.3 is 6.03 Å². The molecule has 7 nitrogen and oxygen atoms in total. The first-order valence-electron chi connectivity index (χ1n) is 11.8. The number of nitrogens with one attached hydrogen (secondary N) is 1. The molecular weight excluding hydrogens is 402 g/mol. The molecule has 32 heavy (non-hydrogen) atoms. The molecule has 0 spiro atoms. The van der Waals surface area contributed by atoms with E-state index < -0.39 is 0 Å². The van der Waals surface area contributed by atoms with Gasteiger partial charge in [0.25, 0.3) is 0 Å². The van der Waals surface area contributed by atoms with Crippen LogP contribution in [0, 0.1) is 17.2 Å². The lowest BCUT2D eigenvalue weighted by Crippen LogP contribution is -2.59. The number of carbonyl (C=O) groups is 1. The monoisotopic (exact) mass is 437 g/mol. The van der Waals surface area contributed by atoms with Crippen LogP contribution in [0.4, 0.5) is 10.6 Å². The molecule has 2 fully saturated rings. The molecule has 4 rings (SSSR count). The highest BCUT2D eigenvalue weighted by atomic mass is 16.5. The molecule has 0 radical (unpaired) electrons. The lowest BCUT2D eigenvalue weighted by Gasteiger charge is -2.44. The van der Waals surface area contributed by atoms with Crippen LogP contribution in [0.25, 0.3) is 0 Å². The Morgan fingerprint density at radius 1 is 1.38 bits per heavy atom. The maximum absolute atomic E-state index is 12.7. The van der Waals surface area contributed by atoms with Crippen LogP contribution in [-0.2, 0) is 17.8 Å². The number of piperazine rings is 1. The number of rotatable bonds is 5. The fraction of sp³-hybridized carbons (Fsp3) is 0.640. The highest BCUT2D eigenvalue weighted by Crippen LogP contribution is 2.45. The van der Waals surface area contributed by atoms with E-state index in [1.165, 1.54) is 0 Å². The van der Waals surface area contributed by atoms with Gasteiger partial charge in [-0.2, -0.15) is 5.26 Å². The predicted octanol–water partition coefficient (Wildman–Crippen LogP) is 3.72. The van der Waals surface area contributed by atoms with E-state index in [0.29, 0.717) is 44.3 Å². The van der Waals surface area contributed by atoms with Crippen molar-refractivity contribution in [3.8, 4) is 6.07 Å². The summed E-state index contributed by atoms with van der Waals surface area (Å²) in [7, 11) is 0. The number of pyridine rings is 1. The number of fused-ring (bicyclic) bond motifs is 1. The van der Waals surface area contributed by atoms with E-state index >= 15 is 0 Å². The van der Waals surface area contributed by atoms with Crippen molar-refractivity contribution < 1.29 is 9.53 Å². The summed E-state index contributed by atoms with van der Waals surface area (Å²) in [6, 6.07) is 2.48. The van der Waals surface area contributed by atoms with Gasteiger partial charge in [-0.05, 0) is 38.2 Å². The largest absolute Gasteiger partial charge is 0.370 e. The van der Waals surface area contributed by atoms with Crippen molar-refractivity contribution in [1.29, 1.82) is 5.26 Å². The number of aromatic nitrogens is 1. The number of anilines is 1. The molecule has 1 unspecified atom stereocenters. The van der Waals surface area contributed by atoms with Crippen molar-refractivity contribution in [3.63, 3.8) is 0 Å². The van der Waals surface area contributed by atoms with E-state index in [0.717, 1.165) is 41.9 Å². The van der Waals surface area contributed by atoms with E-state index in [4.69, 9.17) is 9.72 Å². The molecule has 1 aromatic rings. The maximum atomic E-state index is 12.7. The van der Waals surface area contributed by atoms with Gasteiger partial charge in [0.2, 0.25) is 0 Å². The van der Waals surface area contributed by atoms with Crippen LogP contribution in [0.15, 0.2) is 12.7 Å². The molecule has 1 aliphatic carbocycles. The fourth-order valence-corrected chi connectivity index (χ4v) is 4.91. The van der Waals surface area contributed by atoms with E-state index in [-0.39, 0.29) is 23.6 Å². The van der Waals surface area contributed by atoms with Crippen LogP contribution in [0.1, 0.15) is 68.8 Å². The number of hydrogen-bond donors (Lipinski definition) is 1. The third kappa shape index (κ3) is 4.33. The number of hydrogen-bond acceptors (Lipinski definition) is 5. The van der Waals surface area contributed by atoms with E-state index in [1.54, 1.807) is 6.08 Å². The van der Waals surface area contributed by atoms with E-state index in [2.05, 4.69) is 50.6 Å². The zero-order valence-electron chi connectivity index (χ0n) is 19.8. The standard InChI is InChI=1S/C25H35N5O2/c1-6-9-27-24(31)30-11-10-29(14-21(30)16(2)3)23-19(13-26)18-12-25(4,5)32-15-20(18)22(28-23)17-7-8-17/h6,16-17,21H,1,7-12,14-15H2,2-5H3,(H,27,31). The third-order valence-electron chi connectivity index (χ3n) is 6.86. The Bertz CT molecular complexity index is 945. The van der Waals surface area contributed by atoms with Gasteiger partial charge in [-0.15, -0.1) is 6.58 Å². The Hall–Kier alpha value is -2.59. The SMILES string of the molecule is C=CCNC(=O)N1CCN(c2nc(C3CC3)c3c(c2C#N)CC(C)(C)OC3)CC1C(C)C. The highest BCUT2D eigenvalue weighted by molar-refractivity contribution is 5.75. The molecule has 2 amide bonds. The average Bonchev–Trinajstić information content (AvgIpc) is 3.60. The molecule has 0 aromatic carbocycles. The molecular formula is C25H35N5O2. The molecule has 3 aliphatic rings. The molecule has 1 aromatic heterocycles. The number of nitriles is 1. The fourth-order valence-electron chi connectivity index (χ4n) is 4.91. The van der Waals surface area contributed by atoms with Gasteiger partial charge in [-0.1, -0.05) is 19.9 Å².